The van der Waals surface area contributed by atoms with Crippen molar-refractivity contribution in [2.75, 3.05) is 0 Å². The van der Waals surface area contributed by atoms with Crippen molar-refractivity contribution in [1.29, 1.82) is 0 Å². The van der Waals surface area contributed by atoms with Crippen LogP contribution in [0.5, 0.6) is 0 Å². The van der Waals surface area contributed by atoms with Gasteiger partial charge >= 0.3 is 0 Å². The fourth-order valence-corrected chi connectivity index (χ4v) is 2.49. The molecule has 3 aromatic rings. The van der Waals surface area contributed by atoms with Crippen LogP contribution in [0.3, 0.4) is 0 Å². The van der Waals surface area contributed by atoms with Gasteiger partial charge < -0.3 is 5.32 Å². The van der Waals surface area contributed by atoms with Gasteiger partial charge in [-0.3, -0.25) is 4.79 Å². The van der Waals surface area contributed by atoms with Crippen molar-refractivity contribution in [3.63, 3.8) is 0 Å². The third-order valence-electron chi connectivity index (χ3n) is 3.99. The minimum Gasteiger partial charge on any atom is -0.346 e. The molecular formula is C23H18FNO. The largest absolute Gasteiger partial charge is 0.346 e. The summed E-state index contributed by atoms with van der Waals surface area (Å²) in [4.78, 5) is 12.4. The molecule has 0 spiro atoms. The summed E-state index contributed by atoms with van der Waals surface area (Å²) >= 11 is 0. The predicted octanol–water partition coefficient (Wildman–Crippen LogP) is 4.72. The van der Waals surface area contributed by atoms with Crippen molar-refractivity contribution in [1.82, 2.24) is 5.32 Å². The van der Waals surface area contributed by atoms with Gasteiger partial charge in [-0.25, -0.2) is 4.39 Å². The summed E-state index contributed by atoms with van der Waals surface area (Å²) in [5, 5.41) is 2.91. The zero-order valence-corrected chi connectivity index (χ0v) is 14.4. The van der Waals surface area contributed by atoms with Crippen LogP contribution in [-0.2, 0) is 0 Å². The Balaban J connectivity index is 1.65. The Kier molecular flexibility index (Phi) is 5.46. The maximum Gasteiger partial charge on any atom is 0.251 e. The van der Waals surface area contributed by atoms with Crippen LogP contribution < -0.4 is 5.32 Å². The average molecular weight is 343 g/mol. The molecule has 0 saturated carbocycles. The summed E-state index contributed by atoms with van der Waals surface area (Å²) in [5.74, 6) is 5.70. The van der Waals surface area contributed by atoms with Crippen LogP contribution in [0.2, 0.25) is 0 Å². The van der Waals surface area contributed by atoms with Crippen LogP contribution in [0.1, 0.15) is 40.0 Å². The second-order valence-electron chi connectivity index (χ2n) is 5.94. The molecule has 3 aromatic carbocycles. The van der Waals surface area contributed by atoms with Gasteiger partial charge in [0.1, 0.15) is 5.82 Å². The van der Waals surface area contributed by atoms with E-state index in [9.17, 15) is 9.18 Å². The molecule has 128 valence electrons. The fraction of sp³-hybridized carbons (Fsp3) is 0.0870. The molecule has 3 rings (SSSR count). The van der Waals surface area contributed by atoms with Crippen molar-refractivity contribution < 1.29 is 9.18 Å². The number of carbonyl (C=O) groups is 1. The highest BCUT2D eigenvalue weighted by molar-refractivity contribution is 5.94. The van der Waals surface area contributed by atoms with Gasteiger partial charge in [-0.1, -0.05) is 42.2 Å². The lowest BCUT2D eigenvalue weighted by Gasteiger charge is -2.14. The Morgan fingerprint density at radius 2 is 1.42 bits per heavy atom. The lowest BCUT2D eigenvalue weighted by atomic mass is 10.1. The summed E-state index contributed by atoms with van der Waals surface area (Å²) in [7, 11) is 0. The van der Waals surface area contributed by atoms with Gasteiger partial charge in [0, 0.05) is 16.7 Å². The summed E-state index contributed by atoms with van der Waals surface area (Å²) in [6.45, 7) is 1.87. The number of nitrogens with one attached hydrogen (secondary N) is 1. The van der Waals surface area contributed by atoms with Crippen LogP contribution in [0, 0.1) is 17.7 Å². The maximum absolute atomic E-state index is 13.0. The Labute approximate surface area is 152 Å². The summed E-state index contributed by atoms with van der Waals surface area (Å²) < 4.78 is 13.0. The molecule has 0 radical (unpaired) electrons. The second-order valence-corrected chi connectivity index (χ2v) is 5.94. The molecule has 26 heavy (non-hydrogen) atoms. The second kappa shape index (κ2) is 8.13. The minimum atomic E-state index is -0.292. The van der Waals surface area contributed by atoms with E-state index in [1.165, 1.54) is 12.1 Å². The molecule has 2 nitrogen and oxygen atoms in total. The van der Waals surface area contributed by atoms with Crippen LogP contribution in [0.4, 0.5) is 4.39 Å². The summed E-state index contributed by atoms with van der Waals surface area (Å²) in [6.07, 6.45) is 0. The first-order chi connectivity index (χ1) is 12.6. The van der Waals surface area contributed by atoms with Crippen molar-refractivity contribution >= 4 is 5.91 Å². The van der Waals surface area contributed by atoms with E-state index < -0.39 is 0 Å². The third kappa shape index (κ3) is 4.58. The zero-order chi connectivity index (χ0) is 18.4. The van der Waals surface area contributed by atoms with Crippen molar-refractivity contribution in [2.45, 2.75) is 13.0 Å². The van der Waals surface area contributed by atoms with Gasteiger partial charge in [-0.15, -0.1) is 0 Å². The molecule has 0 heterocycles. The van der Waals surface area contributed by atoms with Gasteiger partial charge in [-0.05, 0) is 61.0 Å². The molecule has 1 unspecified atom stereocenters. The number of hydrogen-bond donors (Lipinski definition) is 1. The number of hydrogen-bond acceptors (Lipinski definition) is 1. The quantitative estimate of drug-likeness (QED) is 0.685. The zero-order valence-electron chi connectivity index (χ0n) is 14.4. The first-order valence-corrected chi connectivity index (χ1v) is 8.35. The number of halogens is 1. The molecule has 1 atom stereocenters. The predicted molar refractivity (Wildman–Crippen MR) is 101 cm³/mol. The van der Waals surface area contributed by atoms with Gasteiger partial charge in [0.2, 0.25) is 0 Å². The number of amides is 1. The first kappa shape index (κ1) is 17.4. The molecular weight excluding hydrogens is 325 g/mol. The van der Waals surface area contributed by atoms with Crippen LogP contribution in [0.25, 0.3) is 0 Å². The molecule has 0 saturated heterocycles. The van der Waals surface area contributed by atoms with Gasteiger partial charge in [-0.2, -0.15) is 0 Å². The van der Waals surface area contributed by atoms with Gasteiger partial charge in [0.25, 0.3) is 5.91 Å². The molecule has 0 aliphatic carbocycles. The van der Waals surface area contributed by atoms with E-state index in [-0.39, 0.29) is 17.8 Å². The Morgan fingerprint density at radius 1 is 0.846 bits per heavy atom. The molecule has 0 aliphatic rings. The van der Waals surface area contributed by atoms with Crippen molar-refractivity contribution in [3.05, 3.63) is 107 Å². The van der Waals surface area contributed by atoms with Crippen molar-refractivity contribution in [3.8, 4) is 11.8 Å². The first-order valence-electron chi connectivity index (χ1n) is 8.35. The Hall–Kier alpha value is -3.38. The molecule has 0 bridgehead atoms. The highest BCUT2D eigenvalue weighted by Gasteiger charge is 2.11. The standard InChI is InChI=1S/C23H18FNO/c1-17(20-13-15-22(24)16-14-20)25-23(26)21-11-9-19(10-12-21)8-7-18-5-3-2-4-6-18/h2-6,9-17H,1H3,(H,25,26). The van der Waals surface area contributed by atoms with Crippen LogP contribution in [-0.4, -0.2) is 5.91 Å². The number of benzene rings is 3. The summed E-state index contributed by atoms with van der Waals surface area (Å²) in [6, 6.07) is 22.8. The lowest BCUT2D eigenvalue weighted by molar-refractivity contribution is 0.0940. The average Bonchev–Trinajstić information content (AvgIpc) is 2.68. The lowest BCUT2D eigenvalue weighted by Crippen LogP contribution is -2.26. The number of rotatable bonds is 3. The van der Waals surface area contributed by atoms with Crippen molar-refractivity contribution in [2.24, 2.45) is 0 Å². The Morgan fingerprint density at radius 3 is 2.04 bits per heavy atom. The van der Waals surface area contributed by atoms with E-state index >= 15 is 0 Å². The number of carbonyl (C=O) groups excluding carboxylic acids is 1. The van der Waals surface area contributed by atoms with E-state index in [2.05, 4.69) is 17.2 Å². The van der Waals surface area contributed by atoms with Crippen LogP contribution in [0.15, 0.2) is 78.9 Å². The molecule has 0 aromatic heterocycles. The van der Waals surface area contributed by atoms with Gasteiger partial charge in [0.15, 0.2) is 0 Å². The summed E-state index contributed by atoms with van der Waals surface area (Å²) in [5.41, 5.74) is 3.20. The fourth-order valence-electron chi connectivity index (χ4n) is 2.49. The van der Waals surface area contributed by atoms with E-state index in [0.29, 0.717) is 5.56 Å². The topological polar surface area (TPSA) is 29.1 Å². The van der Waals surface area contributed by atoms with E-state index in [1.54, 1.807) is 24.3 Å². The molecule has 1 N–H and O–H groups in total. The third-order valence-corrected chi connectivity index (χ3v) is 3.99. The normalized spacial score (nSPS) is 11.2. The van der Waals surface area contributed by atoms with E-state index in [1.807, 2.05) is 49.4 Å². The van der Waals surface area contributed by atoms with E-state index in [0.717, 1.165) is 16.7 Å². The van der Waals surface area contributed by atoms with Crippen LogP contribution >= 0.6 is 0 Å². The highest BCUT2D eigenvalue weighted by atomic mass is 19.1. The van der Waals surface area contributed by atoms with Gasteiger partial charge in [0.05, 0.1) is 6.04 Å². The minimum absolute atomic E-state index is 0.176. The SMILES string of the molecule is CC(NC(=O)c1ccc(C#Cc2ccccc2)cc1)c1ccc(F)cc1. The maximum atomic E-state index is 13.0. The molecule has 3 heteroatoms. The monoisotopic (exact) mass is 343 g/mol. The smallest absolute Gasteiger partial charge is 0.251 e. The molecule has 0 aliphatic heterocycles. The Bertz CT molecular complexity index is 935. The highest BCUT2D eigenvalue weighted by Crippen LogP contribution is 2.14. The van der Waals surface area contributed by atoms with E-state index in [4.69, 9.17) is 0 Å². The molecule has 1 amide bonds. The molecule has 0 fully saturated rings.